The molecule has 0 aromatic rings. The van der Waals surface area contributed by atoms with Gasteiger partial charge in [-0.05, 0) is 0 Å². The molecular formula is C5H7NO2. The maximum absolute atomic E-state index is 9.94. The standard InChI is InChI=1S/C5H7NO2/c1-2-4(3-6)5(7)8/h2-3H,1,6H2,(H,7,8). The second-order valence-corrected chi connectivity index (χ2v) is 1.13. The van der Waals surface area contributed by atoms with Crippen LogP contribution in [-0.2, 0) is 4.79 Å². The van der Waals surface area contributed by atoms with Crippen LogP contribution in [0.4, 0.5) is 0 Å². The highest BCUT2D eigenvalue weighted by Crippen LogP contribution is 1.89. The second-order valence-electron chi connectivity index (χ2n) is 1.13. The van der Waals surface area contributed by atoms with Gasteiger partial charge in [-0.2, -0.15) is 0 Å². The summed E-state index contributed by atoms with van der Waals surface area (Å²) >= 11 is 0. The maximum atomic E-state index is 9.94. The molecule has 0 amide bonds. The van der Waals surface area contributed by atoms with Crippen LogP contribution in [0.25, 0.3) is 0 Å². The van der Waals surface area contributed by atoms with Crippen molar-refractivity contribution >= 4 is 5.97 Å². The largest absolute Gasteiger partial charge is 0.478 e. The average molecular weight is 113 g/mol. The van der Waals surface area contributed by atoms with E-state index in [2.05, 4.69) is 6.58 Å². The zero-order chi connectivity index (χ0) is 6.57. The van der Waals surface area contributed by atoms with Crippen LogP contribution in [0, 0.1) is 0 Å². The van der Waals surface area contributed by atoms with Gasteiger partial charge in [0.25, 0.3) is 0 Å². The highest BCUT2D eigenvalue weighted by molar-refractivity contribution is 5.89. The van der Waals surface area contributed by atoms with Gasteiger partial charge in [-0.1, -0.05) is 12.7 Å². The Morgan fingerprint density at radius 1 is 1.75 bits per heavy atom. The summed E-state index contributed by atoms with van der Waals surface area (Å²) in [6.07, 6.45) is 2.18. The van der Waals surface area contributed by atoms with Gasteiger partial charge in [-0.25, -0.2) is 4.79 Å². The van der Waals surface area contributed by atoms with Crippen LogP contribution in [0.15, 0.2) is 24.4 Å². The van der Waals surface area contributed by atoms with Gasteiger partial charge < -0.3 is 10.8 Å². The quantitative estimate of drug-likeness (QED) is 0.394. The molecule has 0 saturated carbocycles. The molecule has 0 aromatic carbocycles. The van der Waals surface area contributed by atoms with Crippen molar-refractivity contribution < 1.29 is 9.90 Å². The molecule has 8 heavy (non-hydrogen) atoms. The van der Waals surface area contributed by atoms with Crippen LogP contribution < -0.4 is 5.73 Å². The number of rotatable bonds is 2. The van der Waals surface area contributed by atoms with Gasteiger partial charge in [0.1, 0.15) is 0 Å². The highest BCUT2D eigenvalue weighted by Gasteiger charge is 1.97. The Kier molecular flexibility index (Phi) is 2.40. The highest BCUT2D eigenvalue weighted by atomic mass is 16.4. The molecule has 0 bridgehead atoms. The van der Waals surface area contributed by atoms with Gasteiger partial charge in [0.2, 0.25) is 0 Å². The second kappa shape index (κ2) is 2.85. The van der Waals surface area contributed by atoms with Gasteiger partial charge in [0.05, 0.1) is 5.57 Å². The molecule has 0 fully saturated rings. The monoisotopic (exact) mass is 113 g/mol. The molecule has 0 aliphatic heterocycles. The molecule has 0 rings (SSSR count). The van der Waals surface area contributed by atoms with E-state index in [0.717, 1.165) is 6.20 Å². The van der Waals surface area contributed by atoms with Crippen molar-refractivity contribution in [3.8, 4) is 0 Å². The number of carboxylic acid groups (broad SMARTS) is 1. The molecule has 0 radical (unpaired) electrons. The Labute approximate surface area is 47.1 Å². The molecule has 0 heterocycles. The number of hydrogen-bond acceptors (Lipinski definition) is 2. The normalized spacial score (nSPS) is 10.8. The van der Waals surface area contributed by atoms with Crippen LogP contribution in [-0.4, -0.2) is 11.1 Å². The maximum Gasteiger partial charge on any atom is 0.337 e. The first-order valence-electron chi connectivity index (χ1n) is 2.00. The molecule has 0 aromatic heterocycles. The van der Waals surface area contributed by atoms with Gasteiger partial charge in [0.15, 0.2) is 0 Å². The van der Waals surface area contributed by atoms with E-state index in [1.165, 1.54) is 6.08 Å². The van der Waals surface area contributed by atoms with E-state index in [0.29, 0.717) is 0 Å². The number of aliphatic carboxylic acids is 1. The molecule has 3 heteroatoms. The third-order valence-corrected chi connectivity index (χ3v) is 0.646. The lowest BCUT2D eigenvalue weighted by Crippen LogP contribution is -1.99. The topological polar surface area (TPSA) is 63.3 Å². The summed E-state index contributed by atoms with van der Waals surface area (Å²) in [6.45, 7) is 3.22. The molecule has 0 aliphatic rings. The summed E-state index contributed by atoms with van der Waals surface area (Å²) in [5.74, 6) is -1.05. The van der Waals surface area contributed by atoms with E-state index in [1.54, 1.807) is 0 Å². The van der Waals surface area contributed by atoms with E-state index in [4.69, 9.17) is 10.8 Å². The van der Waals surface area contributed by atoms with Crippen LogP contribution in [0.2, 0.25) is 0 Å². The van der Waals surface area contributed by atoms with Crippen LogP contribution in [0.5, 0.6) is 0 Å². The van der Waals surface area contributed by atoms with Gasteiger partial charge in [-0.3, -0.25) is 0 Å². The summed E-state index contributed by atoms with van der Waals surface area (Å²) in [5, 5.41) is 8.15. The minimum atomic E-state index is -1.05. The molecule has 3 nitrogen and oxygen atoms in total. The first kappa shape index (κ1) is 6.75. The Bertz CT molecular complexity index is 137. The van der Waals surface area contributed by atoms with Crippen molar-refractivity contribution in [3.05, 3.63) is 24.4 Å². The fourth-order valence-corrected chi connectivity index (χ4v) is 0.227. The van der Waals surface area contributed by atoms with Crippen LogP contribution in [0.1, 0.15) is 0 Å². The summed E-state index contributed by atoms with van der Waals surface area (Å²) < 4.78 is 0. The first-order valence-corrected chi connectivity index (χ1v) is 2.00. The minimum Gasteiger partial charge on any atom is -0.478 e. The van der Waals surface area contributed by atoms with Crippen molar-refractivity contribution in [1.82, 2.24) is 0 Å². The Morgan fingerprint density at radius 3 is 2.25 bits per heavy atom. The van der Waals surface area contributed by atoms with Crippen molar-refractivity contribution in [2.75, 3.05) is 0 Å². The molecule has 44 valence electrons. The third kappa shape index (κ3) is 1.47. The average Bonchev–Trinajstić information content (AvgIpc) is 1.69. The summed E-state index contributed by atoms with van der Waals surface area (Å²) in [7, 11) is 0. The zero-order valence-electron chi connectivity index (χ0n) is 4.29. The molecule has 0 aliphatic carbocycles. The summed E-state index contributed by atoms with van der Waals surface area (Å²) in [6, 6.07) is 0. The SMILES string of the molecule is C=CC(=CN)C(=O)O. The van der Waals surface area contributed by atoms with Gasteiger partial charge in [0, 0.05) is 6.20 Å². The van der Waals surface area contributed by atoms with E-state index < -0.39 is 5.97 Å². The number of carboxylic acids is 1. The number of hydrogen-bond donors (Lipinski definition) is 2. The van der Waals surface area contributed by atoms with E-state index in [9.17, 15) is 4.79 Å². The number of nitrogens with two attached hydrogens (primary N) is 1. The third-order valence-electron chi connectivity index (χ3n) is 0.646. The predicted octanol–water partition coefficient (Wildman–Crippen LogP) is 0.0996. The summed E-state index contributed by atoms with van der Waals surface area (Å²) in [5.41, 5.74) is 4.89. The van der Waals surface area contributed by atoms with Crippen molar-refractivity contribution in [2.24, 2.45) is 5.73 Å². The first-order chi connectivity index (χ1) is 3.72. The van der Waals surface area contributed by atoms with Gasteiger partial charge >= 0.3 is 5.97 Å². The van der Waals surface area contributed by atoms with Crippen LogP contribution in [0.3, 0.4) is 0 Å². The Balaban J connectivity index is 4.13. The fraction of sp³-hybridized carbons (Fsp3) is 0. The van der Waals surface area contributed by atoms with Gasteiger partial charge in [-0.15, -0.1) is 0 Å². The lowest BCUT2D eigenvalue weighted by Gasteiger charge is -1.86. The van der Waals surface area contributed by atoms with Crippen molar-refractivity contribution in [3.63, 3.8) is 0 Å². The molecule has 0 saturated heterocycles. The fourth-order valence-electron chi connectivity index (χ4n) is 0.227. The molecule has 0 spiro atoms. The van der Waals surface area contributed by atoms with Crippen LogP contribution >= 0.6 is 0 Å². The molecule has 3 N–H and O–H groups in total. The lowest BCUT2D eigenvalue weighted by atomic mass is 10.3. The minimum absolute atomic E-state index is 0.0185. The lowest BCUT2D eigenvalue weighted by molar-refractivity contribution is -0.132. The van der Waals surface area contributed by atoms with Crippen molar-refractivity contribution in [2.45, 2.75) is 0 Å². The molecule has 0 atom stereocenters. The smallest absolute Gasteiger partial charge is 0.337 e. The van der Waals surface area contributed by atoms with E-state index in [-0.39, 0.29) is 5.57 Å². The predicted molar refractivity (Wildman–Crippen MR) is 30.1 cm³/mol. The Morgan fingerprint density at radius 2 is 2.25 bits per heavy atom. The summed E-state index contributed by atoms with van der Waals surface area (Å²) in [4.78, 5) is 9.94. The van der Waals surface area contributed by atoms with E-state index >= 15 is 0 Å². The van der Waals surface area contributed by atoms with Crippen molar-refractivity contribution in [1.29, 1.82) is 0 Å². The zero-order valence-corrected chi connectivity index (χ0v) is 4.29. The molecule has 0 unspecified atom stereocenters. The Hall–Kier alpha value is -1.25. The number of carbonyl (C=O) groups is 1. The van der Waals surface area contributed by atoms with E-state index in [1.807, 2.05) is 0 Å². The molecular weight excluding hydrogens is 106 g/mol.